The van der Waals surface area contributed by atoms with Crippen LogP contribution in [0.3, 0.4) is 0 Å². The Kier molecular flexibility index (Phi) is 3.11. The number of nitrogens with two attached hydrogens (primary N) is 1. The van der Waals surface area contributed by atoms with E-state index >= 15 is 0 Å². The van der Waals surface area contributed by atoms with E-state index in [-0.39, 0.29) is 6.61 Å². The molecule has 0 unspecified atom stereocenters. The number of primary amides is 1. The molecule has 0 bridgehead atoms. The minimum Gasteiger partial charge on any atom is -0.394 e. The zero-order chi connectivity index (χ0) is 14.1. The highest BCUT2D eigenvalue weighted by atomic mass is 16.3. The molecular weight excluding hydrogens is 258 g/mol. The van der Waals surface area contributed by atoms with E-state index in [2.05, 4.69) is 10.1 Å². The van der Waals surface area contributed by atoms with Crippen molar-refractivity contribution in [1.82, 2.24) is 14.8 Å². The molecule has 0 spiro atoms. The number of aromatic nitrogens is 3. The van der Waals surface area contributed by atoms with Crippen LogP contribution in [0.5, 0.6) is 0 Å². The molecule has 0 fully saturated rings. The van der Waals surface area contributed by atoms with Crippen LogP contribution < -0.4 is 10.6 Å². The van der Waals surface area contributed by atoms with Crippen molar-refractivity contribution in [2.45, 2.75) is 19.6 Å². The van der Waals surface area contributed by atoms with E-state index in [1.807, 2.05) is 11.1 Å². The van der Waals surface area contributed by atoms with Gasteiger partial charge in [0, 0.05) is 23.9 Å². The highest BCUT2D eigenvalue weighted by Crippen LogP contribution is 2.27. The highest BCUT2D eigenvalue weighted by Gasteiger charge is 2.24. The largest absolute Gasteiger partial charge is 0.394 e. The number of nitrogens with zero attached hydrogens (tertiary/aromatic N) is 4. The zero-order valence-corrected chi connectivity index (χ0v) is 10.9. The number of pyridine rings is 1. The van der Waals surface area contributed by atoms with Crippen molar-refractivity contribution in [3.8, 4) is 0 Å². The summed E-state index contributed by atoms with van der Waals surface area (Å²) < 4.78 is 1.80. The van der Waals surface area contributed by atoms with Gasteiger partial charge in [-0.05, 0) is 12.1 Å². The van der Waals surface area contributed by atoms with Crippen molar-refractivity contribution in [2.75, 3.05) is 11.5 Å². The number of anilines is 1. The first kappa shape index (κ1) is 12.6. The molecule has 0 radical (unpaired) electrons. The van der Waals surface area contributed by atoms with Crippen molar-refractivity contribution in [2.24, 2.45) is 5.73 Å². The van der Waals surface area contributed by atoms with Crippen LogP contribution >= 0.6 is 0 Å². The molecule has 1 aliphatic rings. The molecule has 3 heterocycles. The predicted octanol–water partition coefficient (Wildman–Crippen LogP) is -0.111. The minimum atomic E-state index is -0.461. The van der Waals surface area contributed by atoms with Gasteiger partial charge in [0.05, 0.1) is 31.6 Å². The van der Waals surface area contributed by atoms with E-state index in [1.165, 1.54) is 0 Å². The molecule has 1 aliphatic heterocycles. The lowest BCUT2D eigenvalue weighted by Gasteiger charge is -2.17. The van der Waals surface area contributed by atoms with Crippen LogP contribution in [0, 0.1) is 0 Å². The molecule has 7 heteroatoms. The number of aliphatic hydroxyl groups is 1. The molecule has 104 valence electrons. The quantitative estimate of drug-likeness (QED) is 0.810. The van der Waals surface area contributed by atoms with Crippen molar-refractivity contribution >= 4 is 11.7 Å². The molecule has 2 aromatic rings. The van der Waals surface area contributed by atoms with Gasteiger partial charge < -0.3 is 15.7 Å². The molecule has 3 rings (SSSR count). The third kappa shape index (κ3) is 2.12. The SMILES string of the molecule is NC(=O)c1ccnc(N2Cc3cnn(CCO)c3C2)c1. The molecule has 0 aromatic carbocycles. The van der Waals surface area contributed by atoms with Crippen molar-refractivity contribution in [3.63, 3.8) is 0 Å². The Morgan fingerprint density at radius 3 is 3.05 bits per heavy atom. The van der Waals surface area contributed by atoms with Crippen molar-refractivity contribution in [3.05, 3.63) is 41.3 Å². The summed E-state index contributed by atoms with van der Waals surface area (Å²) in [6.07, 6.45) is 3.39. The third-order valence-electron chi connectivity index (χ3n) is 3.40. The first-order chi connectivity index (χ1) is 9.69. The Balaban J connectivity index is 1.84. The molecule has 0 saturated carbocycles. The smallest absolute Gasteiger partial charge is 0.248 e. The van der Waals surface area contributed by atoms with Crippen molar-refractivity contribution < 1.29 is 9.90 Å². The molecule has 0 aliphatic carbocycles. The van der Waals surface area contributed by atoms with E-state index < -0.39 is 5.91 Å². The van der Waals surface area contributed by atoms with E-state index in [0.717, 1.165) is 11.3 Å². The Hall–Kier alpha value is -2.41. The molecule has 0 saturated heterocycles. The van der Waals surface area contributed by atoms with Gasteiger partial charge in [-0.3, -0.25) is 9.48 Å². The Labute approximate surface area is 115 Å². The lowest BCUT2D eigenvalue weighted by molar-refractivity contribution is 0.1000. The van der Waals surface area contributed by atoms with Crippen LogP contribution in [-0.2, 0) is 19.6 Å². The average molecular weight is 273 g/mol. The van der Waals surface area contributed by atoms with Crippen LogP contribution in [0.4, 0.5) is 5.82 Å². The summed E-state index contributed by atoms with van der Waals surface area (Å²) in [4.78, 5) is 17.5. The van der Waals surface area contributed by atoms with Crippen molar-refractivity contribution in [1.29, 1.82) is 0 Å². The van der Waals surface area contributed by atoms with Crippen LogP contribution in [-0.4, -0.2) is 32.4 Å². The summed E-state index contributed by atoms with van der Waals surface area (Å²) in [6.45, 7) is 1.89. The van der Waals surface area contributed by atoms with E-state index in [9.17, 15) is 4.79 Å². The Bertz CT molecular complexity index is 652. The lowest BCUT2D eigenvalue weighted by Crippen LogP contribution is -2.20. The van der Waals surface area contributed by atoms with E-state index in [0.29, 0.717) is 31.0 Å². The maximum absolute atomic E-state index is 11.2. The van der Waals surface area contributed by atoms with Gasteiger partial charge in [-0.2, -0.15) is 5.10 Å². The summed E-state index contributed by atoms with van der Waals surface area (Å²) in [6, 6.07) is 3.29. The number of hydrogen-bond acceptors (Lipinski definition) is 5. The summed E-state index contributed by atoms with van der Waals surface area (Å²) in [5.74, 6) is 0.255. The summed E-state index contributed by atoms with van der Waals surface area (Å²) in [5, 5.41) is 13.2. The van der Waals surface area contributed by atoms with Crippen LogP contribution in [0.2, 0.25) is 0 Å². The van der Waals surface area contributed by atoms with Gasteiger partial charge >= 0.3 is 0 Å². The molecule has 1 amide bonds. The molecule has 2 aromatic heterocycles. The van der Waals surface area contributed by atoms with E-state index in [1.54, 1.807) is 23.0 Å². The second kappa shape index (κ2) is 4.93. The molecule has 20 heavy (non-hydrogen) atoms. The lowest BCUT2D eigenvalue weighted by atomic mass is 10.2. The fraction of sp³-hybridized carbons (Fsp3) is 0.308. The van der Waals surface area contributed by atoms with E-state index in [4.69, 9.17) is 10.8 Å². The van der Waals surface area contributed by atoms with Crippen LogP contribution in [0.1, 0.15) is 21.6 Å². The number of amides is 1. The fourth-order valence-electron chi connectivity index (χ4n) is 2.40. The number of aliphatic hydroxyl groups excluding tert-OH is 1. The normalized spacial score (nSPS) is 13.6. The summed E-state index contributed by atoms with van der Waals surface area (Å²) >= 11 is 0. The van der Waals surface area contributed by atoms with Crippen LogP contribution in [0.15, 0.2) is 24.5 Å². The topological polar surface area (TPSA) is 97.3 Å². The summed E-state index contributed by atoms with van der Waals surface area (Å²) in [7, 11) is 0. The Morgan fingerprint density at radius 2 is 2.30 bits per heavy atom. The summed E-state index contributed by atoms with van der Waals surface area (Å²) in [5.41, 5.74) is 7.92. The first-order valence-corrected chi connectivity index (χ1v) is 6.34. The van der Waals surface area contributed by atoms with Gasteiger partial charge in [-0.25, -0.2) is 4.98 Å². The maximum atomic E-state index is 11.2. The second-order valence-electron chi connectivity index (χ2n) is 4.69. The fourth-order valence-corrected chi connectivity index (χ4v) is 2.40. The van der Waals surface area contributed by atoms with Gasteiger partial charge in [-0.15, -0.1) is 0 Å². The van der Waals surface area contributed by atoms with Crippen LogP contribution in [0.25, 0.3) is 0 Å². The number of carbonyl (C=O) groups is 1. The zero-order valence-electron chi connectivity index (χ0n) is 10.9. The predicted molar refractivity (Wildman–Crippen MR) is 72.0 cm³/mol. The minimum absolute atomic E-state index is 0.0591. The van der Waals surface area contributed by atoms with Gasteiger partial charge in [-0.1, -0.05) is 0 Å². The monoisotopic (exact) mass is 273 g/mol. The number of fused-ring (bicyclic) bond motifs is 1. The molecular formula is C13H15N5O2. The Morgan fingerprint density at radius 1 is 1.45 bits per heavy atom. The number of carbonyl (C=O) groups excluding carboxylic acids is 1. The maximum Gasteiger partial charge on any atom is 0.248 e. The average Bonchev–Trinajstić information content (AvgIpc) is 3.01. The van der Waals surface area contributed by atoms with Gasteiger partial charge in [0.2, 0.25) is 5.91 Å². The van der Waals surface area contributed by atoms with Gasteiger partial charge in [0.15, 0.2) is 0 Å². The first-order valence-electron chi connectivity index (χ1n) is 6.34. The number of rotatable bonds is 4. The number of hydrogen-bond donors (Lipinski definition) is 2. The second-order valence-corrected chi connectivity index (χ2v) is 4.69. The standard InChI is InChI=1S/C13H15N5O2/c14-13(20)9-1-2-15-12(5-9)17-7-10-6-16-18(3-4-19)11(10)8-17/h1-2,5-6,19H,3-4,7-8H2,(H2,14,20). The van der Waals surface area contributed by atoms with Gasteiger partial charge in [0.25, 0.3) is 0 Å². The highest BCUT2D eigenvalue weighted by molar-refractivity contribution is 5.93. The molecule has 3 N–H and O–H groups in total. The molecule has 0 atom stereocenters. The third-order valence-corrected chi connectivity index (χ3v) is 3.40. The molecule has 7 nitrogen and oxygen atoms in total. The van der Waals surface area contributed by atoms with Gasteiger partial charge in [0.1, 0.15) is 5.82 Å².